The van der Waals surface area contributed by atoms with Gasteiger partial charge in [-0.25, -0.2) is 0 Å². The number of imide groups is 1. The molecule has 1 unspecified atom stereocenters. The standard InChI is InChI=1S/C19H24N4O4/c20-14-10-27-9-13(14)7-21-6-11-2-1-3-12-8-23(19(26)17(11)12)15-4-5-16(24)22-18(15)25/h1-3,13-15,21H,4-10,20H2,(H,22,24,25)/t13-,14+,15?/m0/s1. The van der Waals surface area contributed by atoms with Gasteiger partial charge >= 0.3 is 0 Å². The molecule has 0 bridgehead atoms. The van der Waals surface area contributed by atoms with Gasteiger partial charge in [0.25, 0.3) is 5.91 Å². The molecule has 4 N–H and O–H groups in total. The van der Waals surface area contributed by atoms with Crippen LogP contribution in [0.1, 0.15) is 34.3 Å². The fourth-order valence-corrected chi connectivity index (χ4v) is 4.05. The number of rotatable bonds is 5. The van der Waals surface area contributed by atoms with Crippen molar-refractivity contribution in [2.24, 2.45) is 11.7 Å². The topological polar surface area (TPSA) is 114 Å². The van der Waals surface area contributed by atoms with Gasteiger partial charge in [0.2, 0.25) is 11.8 Å². The number of hydrogen-bond donors (Lipinski definition) is 3. The molecule has 1 aromatic carbocycles. The summed E-state index contributed by atoms with van der Waals surface area (Å²) in [5.74, 6) is -0.531. The Kier molecular flexibility index (Phi) is 4.94. The van der Waals surface area contributed by atoms with Crippen molar-refractivity contribution >= 4 is 17.7 Å². The summed E-state index contributed by atoms with van der Waals surface area (Å²) < 4.78 is 5.37. The van der Waals surface area contributed by atoms with Crippen molar-refractivity contribution in [2.45, 2.75) is 38.0 Å². The second kappa shape index (κ2) is 7.38. The Morgan fingerprint density at radius 2 is 2.11 bits per heavy atom. The fraction of sp³-hybridized carbons (Fsp3) is 0.526. The van der Waals surface area contributed by atoms with E-state index in [-0.39, 0.29) is 36.1 Å². The Balaban J connectivity index is 1.45. The lowest BCUT2D eigenvalue weighted by Crippen LogP contribution is -2.52. The van der Waals surface area contributed by atoms with E-state index in [1.165, 1.54) is 0 Å². The average Bonchev–Trinajstić information content (AvgIpc) is 3.19. The van der Waals surface area contributed by atoms with E-state index in [1.807, 2.05) is 18.2 Å². The first-order valence-corrected chi connectivity index (χ1v) is 9.34. The summed E-state index contributed by atoms with van der Waals surface area (Å²) in [7, 11) is 0. The zero-order valence-electron chi connectivity index (χ0n) is 15.1. The molecule has 0 aliphatic carbocycles. The maximum Gasteiger partial charge on any atom is 0.255 e. The van der Waals surface area contributed by atoms with Crippen molar-refractivity contribution in [1.82, 2.24) is 15.5 Å². The minimum Gasteiger partial charge on any atom is -0.379 e. The molecule has 3 heterocycles. The number of hydrogen-bond acceptors (Lipinski definition) is 6. The van der Waals surface area contributed by atoms with Gasteiger partial charge in [0.05, 0.1) is 13.2 Å². The fourth-order valence-electron chi connectivity index (χ4n) is 4.05. The van der Waals surface area contributed by atoms with Gasteiger partial charge in [-0.2, -0.15) is 0 Å². The van der Waals surface area contributed by atoms with E-state index in [2.05, 4.69) is 10.6 Å². The highest BCUT2D eigenvalue weighted by Crippen LogP contribution is 2.29. The third-order valence-corrected chi connectivity index (χ3v) is 5.61. The van der Waals surface area contributed by atoms with Gasteiger partial charge in [0, 0.05) is 43.6 Å². The van der Waals surface area contributed by atoms with Crippen LogP contribution in [-0.4, -0.2) is 54.5 Å². The largest absolute Gasteiger partial charge is 0.379 e. The van der Waals surface area contributed by atoms with Crippen LogP contribution in [0.2, 0.25) is 0 Å². The molecule has 0 saturated carbocycles. The van der Waals surface area contributed by atoms with Gasteiger partial charge in [0.15, 0.2) is 0 Å². The SMILES string of the molecule is N[C@@H]1COC[C@@H]1CNCc1cccc2c1C(=O)N(C1CCC(=O)NC1=O)C2. The van der Waals surface area contributed by atoms with Crippen molar-refractivity contribution < 1.29 is 19.1 Å². The van der Waals surface area contributed by atoms with Crippen molar-refractivity contribution in [1.29, 1.82) is 0 Å². The van der Waals surface area contributed by atoms with E-state index in [4.69, 9.17) is 10.5 Å². The summed E-state index contributed by atoms with van der Waals surface area (Å²) in [5.41, 5.74) is 8.51. The molecule has 3 aliphatic rings. The first kappa shape index (κ1) is 18.1. The first-order chi connectivity index (χ1) is 13.0. The number of carbonyl (C=O) groups excluding carboxylic acids is 3. The van der Waals surface area contributed by atoms with Crippen LogP contribution in [0.5, 0.6) is 0 Å². The van der Waals surface area contributed by atoms with Crippen LogP contribution in [0.15, 0.2) is 18.2 Å². The van der Waals surface area contributed by atoms with Gasteiger partial charge in [-0.15, -0.1) is 0 Å². The number of benzene rings is 1. The Labute approximate surface area is 157 Å². The van der Waals surface area contributed by atoms with E-state index >= 15 is 0 Å². The molecule has 27 heavy (non-hydrogen) atoms. The minimum absolute atomic E-state index is 0.0450. The zero-order valence-corrected chi connectivity index (χ0v) is 15.1. The molecule has 3 atom stereocenters. The Morgan fingerprint density at radius 3 is 2.85 bits per heavy atom. The second-order valence-electron chi connectivity index (χ2n) is 7.44. The molecule has 2 fully saturated rings. The van der Waals surface area contributed by atoms with E-state index in [0.29, 0.717) is 38.3 Å². The van der Waals surface area contributed by atoms with Crippen LogP contribution in [0.25, 0.3) is 0 Å². The summed E-state index contributed by atoms with van der Waals surface area (Å²) >= 11 is 0. The highest BCUT2D eigenvalue weighted by Gasteiger charge is 2.39. The molecule has 3 amide bonds. The number of nitrogens with zero attached hydrogens (tertiary/aromatic N) is 1. The van der Waals surface area contributed by atoms with Crippen molar-refractivity contribution in [3.05, 3.63) is 34.9 Å². The summed E-state index contributed by atoms with van der Waals surface area (Å²) in [6, 6.07) is 5.24. The number of nitrogens with one attached hydrogen (secondary N) is 2. The van der Waals surface area contributed by atoms with E-state index < -0.39 is 6.04 Å². The zero-order chi connectivity index (χ0) is 19.0. The number of amides is 3. The number of ether oxygens (including phenoxy) is 1. The molecule has 2 saturated heterocycles. The summed E-state index contributed by atoms with van der Waals surface area (Å²) in [6.07, 6.45) is 0.631. The Hall–Kier alpha value is -2.29. The molecule has 1 aromatic rings. The molecule has 0 spiro atoms. The summed E-state index contributed by atoms with van der Waals surface area (Å²) in [5, 5.41) is 5.71. The Bertz CT molecular complexity index is 781. The third-order valence-electron chi connectivity index (χ3n) is 5.61. The molecule has 8 nitrogen and oxygen atoms in total. The van der Waals surface area contributed by atoms with Crippen LogP contribution >= 0.6 is 0 Å². The molecular formula is C19H24N4O4. The molecule has 8 heteroatoms. The lowest BCUT2D eigenvalue weighted by atomic mass is 10.0. The van der Waals surface area contributed by atoms with Crippen molar-refractivity contribution in [3.8, 4) is 0 Å². The second-order valence-corrected chi connectivity index (χ2v) is 7.44. The monoisotopic (exact) mass is 372 g/mol. The predicted octanol–water partition coefficient (Wildman–Crippen LogP) is -0.489. The molecular weight excluding hydrogens is 348 g/mol. The number of carbonyl (C=O) groups is 3. The maximum absolute atomic E-state index is 13.0. The summed E-state index contributed by atoms with van der Waals surface area (Å²) in [4.78, 5) is 38.1. The molecule has 0 aromatic heterocycles. The van der Waals surface area contributed by atoms with Gasteiger partial charge in [-0.3, -0.25) is 19.7 Å². The van der Waals surface area contributed by atoms with Crippen LogP contribution < -0.4 is 16.4 Å². The lowest BCUT2D eigenvalue weighted by molar-refractivity contribution is -0.136. The molecule has 3 aliphatic heterocycles. The van der Waals surface area contributed by atoms with Gasteiger partial charge in [-0.05, 0) is 17.5 Å². The summed E-state index contributed by atoms with van der Waals surface area (Å²) in [6.45, 7) is 2.93. The van der Waals surface area contributed by atoms with Crippen LogP contribution in [-0.2, 0) is 27.4 Å². The van der Waals surface area contributed by atoms with Crippen molar-refractivity contribution in [2.75, 3.05) is 19.8 Å². The number of piperidine rings is 1. The van der Waals surface area contributed by atoms with Gasteiger partial charge in [0.1, 0.15) is 6.04 Å². The molecule has 0 radical (unpaired) electrons. The van der Waals surface area contributed by atoms with E-state index in [1.54, 1.807) is 4.90 Å². The Morgan fingerprint density at radius 1 is 1.26 bits per heavy atom. The van der Waals surface area contributed by atoms with Crippen LogP contribution in [0.4, 0.5) is 0 Å². The van der Waals surface area contributed by atoms with E-state index in [9.17, 15) is 14.4 Å². The molecule has 4 rings (SSSR count). The first-order valence-electron chi connectivity index (χ1n) is 9.34. The minimum atomic E-state index is -0.586. The smallest absolute Gasteiger partial charge is 0.255 e. The molecule has 144 valence electrons. The quantitative estimate of drug-likeness (QED) is 0.601. The van der Waals surface area contributed by atoms with E-state index in [0.717, 1.165) is 17.7 Å². The predicted molar refractivity (Wildman–Crippen MR) is 96.5 cm³/mol. The average molecular weight is 372 g/mol. The van der Waals surface area contributed by atoms with Crippen LogP contribution in [0, 0.1) is 5.92 Å². The normalized spacial score (nSPS) is 27.8. The van der Waals surface area contributed by atoms with Crippen molar-refractivity contribution in [3.63, 3.8) is 0 Å². The highest BCUT2D eigenvalue weighted by atomic mass is 16.5. The van der Waals surface area contributed by atoms with Gasteiger partial charge < -0.3 is 20.7 Å². The maximum atomic E-state index is 13.0. The highest BCUT2D eigenvalue weighted by molar-refractivity contribution is 6.05. The number of fused-ring (bicyclic) bond motifs is 1. The van der Waals surface area contributed by atoms with Crippen LogP contribution in [0.3, 0.4) is 0 Å². The number of nitrogens with two attached hydrogens (primary N) is 1. The van der Waals surface area contributed by atoms with Gasteiger partial charge in [-0.1, -0.05) is 18.2 Å². The lowest BCUT2D eigenvalue weighted by Gasteiger charge is -2.29. The third kappa shape index (κ3) is 3.47.